The number of hydrogen-bond acceptors (Lipinski definition) is 4. The standard InChI is InChI=1S/C24H28N2O3/c1-17(27)14-19-8-2-3-10-22(19)26-13-5-9-20-15-21(11-12-23(20)26)25-24(28)29-16-18-6-4-7-18/h2-3,8,10-12,15,18H,4-7,9,13-14,16H2,1H3,(H,25,28). The molecule has 1 heterocycles. The summed E-state index contributed by atoms with van der Waals surface area (Å²) in [4.78, 5) is 26.1. The maximum Gasteiger partial charge on any atom is 0.411 e. The molecule has 2 aliphatic rings. The topological polar surface area (TPSA) is 58.6 Å². The van der Waals surface area contributed by atoms with E-state index in [0.717, 1.165) is 54.9 Å². The van der Waals surface area contributed by atoms with E-state index in [0.29, 0.717) is 18.9 Å². The molecule has 5 nitrogen and oxygen atoms in total. The molecule has 29 heavy (non-hydrogen) atoms. The van der Waals surface area contributed by atoms with E-state index in [1.54, 1.807) is 6.92 Å². The molecule has 0 aromatic heterocycles. The lowest BCUT2D eigenvalue weighted by Crippen LogP contribution is -2.26. The average molecular weight is 392 g/mol. The van der Waals surface area contributed by atoms with Crippen molar-refractivity contribution < 1.29 is 14.3 Å². The largest absolute Gasteiger partial charge is 0.449 e. The van der Waals surface area contributed by atoms with E-state index in [1.165, 1.54) is 12.0 Å². The number of rotatable bonds is 6. The van der Waals surface area contributed by atoms with Crippen molar-refractivity contribution in [1.29, 1.82) is 0 Å². The number of ether oxygens (including phenoxy) is 1. The summed E-state index contributed by atoms with van der Waals surface area (Å²) in [6.07, 6.45) is 5.61. The molecule has 0 unspecified atom stereocenters. The Labute approximate surface area is 172 Å². The molecule has 4 rings (SSSR count). The van der Waals surface area contributed by atoms with Crippen molar-refractivity contribution in [3.05, 3.63) is 53.6 Å². The number of nitrogens with one attached hydrogen (secondary N) is 1. The van der Waals surface area contributed by atoms with E-state index in [4.69, 9.17) is 4.74 Å². The molecule has 1 amide bonds. The predicted octanol–water partition coefficient (Wildman–Crippen LogP) is 5.25. The number of amides is 1. The first-order valence-corrected chi connectivity index (χ1v) is 10.5. The number of benzene rings is 2. The summed E-state index contributed by atoms with van der Waals surface area (Å²) in [6.45, 7) is 3.05. The number of para-hydroxylation sites is 1. The fourth-order valence-corrected chi connectivity index (χ4v) is 4.12. The molecule has 1 aliphatic heterocycles. The van der Waals surface area contributed by atoms with Gasteiger partial charge in [0.25, 0.3) is 0 Å². The van der Waals surface area contributed by atoms with Gasteiger partial charge in [0.05, 0.1) is 6.61 Å². The molecule has 0 atom stereocenters. The van der Waals surface area contributed by atoms with Crippen molar-refractivity contribution in [2.45, 2.75) is 45.4 Å². The van der Waals surface area contributed by atoms with E-state index in [2.05, 4.69) is 22.3 Å². The summed E-state index contributed by atoms with van der Waals surface area (Å²) < 4.78 is 5.34. The molecule has 152 valence electrons. The molecule has 5 heteroatoms. The van der Waals surface area contributed by atoms with Crippen LogP contribution in [0.25, 0.3) is 0 Å². The van der Waals surface area contributed by atoms with Gasteiger partial charge in [-0.1, -0.05) is 24.6 Å². The van der Waals surface area contributed by atoms with E-state index < -0.39 is 0 Å². The fourth-order valence-electron chi connectivity index (χ4n) is 4.12. The van der Waals surface area contributed by atoms with Crippen molar-refractivity contribution in [3.63, 3.8) is 0 Å². The quantitative estimate of drug-likeness (QED) is 0.729. The van der Waals surface area contributed by atoms with Crippen LogP contribution < -0.4 is 10.2 Å². The minimum Gasteiger partial charge on any atom is -0.449 e. The number of Topliss-reactive ketones (excluding diaryl/α,β-unsaturated/α-hetero) is 1. The summed E-state index contributed by atoms with van der Waals surface area (Å²) in [6, 6.07) is 14.1. The van der Waals surface area contributed by atoms with Crippen LogP contribution in [0.5, 0.6) is 0 Å². The Balaban J connectivity index is 1.50. The van der Waals surface area contributed by atoms with Gasteiger partial charge in [0.15, 0.2) is 0 Å². The SMILES string of the molecule is CC(=O)Cc1ccccc1N1CCCc2cc(NC(=O)OCC3CCC3)ccc21. The Bertz CT molecular complexity index is 905. The maximum atomic E-state index is 12.1. The molecular formula is C24H28N2O3. The van der Waals surface area contributed by atoms with Gasteiger partial charge in [0.1, 0.15) is 5.78 Å². The number of fused-ring (bicyclic) bond motifs is 1. The second-order valence-corrected chi connectivity index (χ2v) is 8.13. The third-order valence-electron chi connectivity index (χ3n) is 5.84. The molecule has 1 fully saturated rings. The number of ketones is 1. The van der Waals surface area contributed by atoms with Crippen molar-refractivity contribution in [2.75, 3.05) is 23.4 Å². The Hall–Kier alpha value is -2.82. The van der Waals surface area contributed by atoms with Crippen LogP contribution in [-0.2, 0) is 22.4 Å². The molecular weight excluding hydrogens is 364 g/mol. The van der Waals surface area contributed by atoms with E-state index in [-0.39, 0.29) is 11.9 Å². The highest BCUT2D eigenvalue weighted by Gasteiger charge is 2.22. The van der Waals surface area contributed by atoms with Gasteiger partial charge < -0.3 is 9.64 Å². The van der Waals surface area contributed by atoms with Gasteiger partial charge in [0.2, 0.25) is 0 Å². The first kappa shape index (κ1) is 19.5. The normalized spacial score (nSPS) is 16.0. The van der Waals surface area contributed by atoms with E-state index in [1.807, 2.05) is 30.3 Å². The lowest BCUT2D eigenvalue weighted by molar-refractivity contribution is -0.116. The van der Waals surface area contributed by atoms with Gasteiger partial charge in [-0.3, -0.25) is 10.1 Å². The number of hydrogen-bond donors (Lipinski definition) is 1. The first-order chi connectivity index (χ1) is 14.1. The molecule has 1 N–H and O–H groups in total. The minimum atomic E-state index is -0.378. The smallest absolute Gasteiger partial charge is 0.411 e. The van der Waals surface area contributed by atoms with Crippen LogP contribution in [0.1, 0.15) is 43.7 Å². The number of nitrogens with zero attached hydrogens (tertiary/aromatic N) is 1. The number of carbonyl (C=O) groups is 2. The second-order valence-electron chi connectivity index (χ2n) is 8.13. The Kier molecular flexibility index (Phi) is 5.84. The number of anilines is 3. The Morgan fingerprint density at radius 1 is 1.10 bits per heavy atom. The molecule has 0 spiro atoms. The zero-order chi connectivity index (χ0) is 20.2. The highest BCUT2D eigenvalue weighted by atomic mass is 16.5. The van der Waals surface area contributed by atoms with Crippen molar-refractivity contribution in [3.8, 4) is 0 Å². The third-order valence-corrected chi connectivity index (χ3v) is 5.84. The molecule has 1 aliphatic carbocycles. The molecule has 0 saturated heterocycles. The Morgan fingerprint density at radius 3 is 2.69 bits per heavy atom. The molecule has 0 bridgehead atoms. The van der Waals surface area contributed by atoms with Gasteiger partial charge in [-0.15, -0.1) is 0 Å². The van der Waals surface area contributed by atoms with Crippen LogP contribution >= 0.6 is 0 Å². The fraction of sp³-hybridized carbons (Fsp3) is 0.417. The molecule has 1 saturated carbocycles. The van der Waals surface area contributed by atoms with Crippen LogP contribution in [0, 0.1) is 5.92 Å². The summed E-state index contributed by atoms with van der Waals surface area (Å²) >= 11 is 0. The Morgan fingerprint density at radius 2 is 1.93 bits per heavy atom. The van der Waals surface area contributed by atoms with Gasteiger partial charge in [-0.05, 0) is 73.9 Å². The average Bonchev–Trinajstić information content (AvgIpc) is 2.66. The molecule has 2 aromatic rings. The maximum absolute atomic E-state index is 12.1. The van der Waals surface area contributed by atoms with Gasteiger partial charge >= 0.3 is 6.09 Å². The predicted molar refractivity (Wildman–Crippen MR) is 115 cm³/mol. The minimum absolute atomic E-state index is 0.162. The summed E-state index contributed by atoms with van der Waals surface area (Å²) in [5.74, 6) is 0.697. The van der Waals surface area contributed by atoms with Crippen LogP contribution in [-0.4, -0.2) is 25.0 Å². The summed E-state index contributed by atoms with van der Waals surface area (Å²) in [7, 11) is 0. The first-order valence-electron chi connectivity index (χ1n) is 10.5. The molecule has 0 radical (unpaired) electrons. The number of aryl methyl sites for hydroxylation is 1. The van der Waals surface area contributed by atoms with Crippen LogP contribution in [0.2, 0.25) is 0 Å². The summed E-state index contributed by atoms with van der Waals surface area (Å²) in [5.41, 5.74) is 5.24. The number of carbonyl (C=O) groups excluding carboxylic acids is 2. The monoisotopic (exact) mass is 392 g/mol. The zero-order valence-corrected chi connectivity index (χ0v) is 16.9. The van der Waals surface area contributed by atoms with Gasteiger partial charge in [-0.2, -0.15) is 0 Å². The highest BCUT2D eigenvalue weighted by Crippen LogP contribution is 2.37. The van der Waals surface area contributed by atoms with Crippen LogP contribution in [0.3, 0.4) is 0 Å². The summed E-state index contributed by atoms with van der Waals surface area (Å²) in [5, 5.41) is 2.86. The van der Waals surface area contributed by atoms with Gasteiger partial charge in [0, 0.05) is 30.0 Å². The van der Waals surface area contributed by atoms with E-state index in [9.17, 15) is 9.59 Å². The highest BCUT2D eigenvalue weighted by molar-refractivity contribution is 5.86. The van der Waals surface area contributed by atoms with Crippen molar-refractivity contribution >= 4 is 28.9 Å². The second kappa shape index (κ2) is 8.68. The lowest BCUT2D eigenvalue weighted by atomic mass is 9.86. The van der Waals surface area contributed by atoms with E-state index >= 15 is 0 Å². The third kappa shape index (κ3) is 4.61. The molecule has 2 aromatic carbocycles. The van der Waals surface area contributed by atoms with Crippen molar-refractivity contribution in [1.82, 2.24) is 0 Å². The van der Waals surface area contributed by atoms with Crippen molar-refractivity contribution in [2.24, 2.45) is 5.92 Å². The zero-order valence-electron chi connectivity index (χ0n) is 16.9. The van der Waals surface area contributed by atoms with Crippen LogP contribution in [0.15, 0.2) is 42.5 Å². The lowest BCUT2D eigenvalue weighted by Gasteiger charge is -2.33. The van der Waals surface area contributed by atoms with Crippen LogP contribution in [0.4, 0.5) is 21.9 Å². The van der Waals surface area contributed by atoms with Gasteiger partial charge in [-0.25, -0.2) is 4.79 Å².